The number of aromatic nitrogens is 2. The maximum atomic E-state index is 11.6. The fourth-order valence-corrected chi connectivity index (χ4v) is 2.12. The first kappa shape index (κ1) is 11.9. The highest BCUT2D eigenvalue weighted by molar-refractivity contribution is 6.33. The van der Waals surface area contributed by atoms with Crippen LogP contribution in [0.4, 0.5) is 0 Å². The number of aryl methyl sites for hydroxylation is 1. The molecule has 0 fully saturated rings. The minimum Gasteiger partial charge on any atom is -0.465 e. The Morgan fingerprint density at radius 2 is 2.35 bits per heavy atom. The van der Waals surface area contributed by atoms with E-state index >= 15 is 0 Å². The molecule has 5 heteroatoms. The summed E-state index contributed by atoms with van der Waals surface area (Å²) in [5.74, 6) is 0.457. The Bertz CT molecular complexity index is 563. The van der Waals surface area contributed by atoms with Crippen LogP contribution in [0.1, 0.15) is 29.5 Å². The monoisotopic (exact) mass is 252 g/mol. The molecule has 0 bridgehead atoms. The van der Waals surface area contributed by atoms with E-state index in [0.29, 0.717) is 16.2 Å². The quantitative estimate of drug-likeness (QED) is 0.789. The number of ether oxygens (including phenoxy) is 1. The number of carbonyl (C=O) groups excluding carboxylic acids is 1. The van der Waals surface area contributed by atoms with E-state index < -0.39 is 5.97 Å². The summed E-state index contributed by atoms with van der Waals surface area (Å²) in [4.78, 5) is 15.9. The van der Waals surface area contributed by atoms with Crippen LogP contribution in [-0.2, 0) is 11.2 Å². The lowest BCUT2D eigenvalue weighted by Crippen LogP contribution is -2.04. The fourth-order valence-electron chi connectivity index (χ4n) is 1.83. The first-order valence-corrected chi connectivity index (χ1v) is 5.80. The number of hydrogen-bond donors (Lipinski definition) is 0. The van der Waals surface area contributed by atoms with E-state index in [2.05, 4.69) is 11.9 Å². The maximum absolute atomic E-state index is 11.6. The van der Waals surface area contributed by atoms with E-state index in [1.807, 2.05) is 10.6 Å². The fraction of sp³-hybridized carbons (Fsp3) is 0.333. The maximum Gasteiger partial charge on any atom is 0.340 e. The SMILES string of the molecule is CCCc1nc(Cl)c2c(C(=O)OC)cccn12. The lowest BCUT2D eigenvalue weighted by Gasteiger charge is -2.03. The van der Waals surface area contributed by atoms with Gasteiger partial charge >= 0.3 is 5.97 Å². The van der Waals surface area contributed by atoms with Crippen molar-refractivity contribution in [2.45, 2.75) is 19.8 Å². The largest absolute Gasteiger partial charge is 0.465 e. The van der Waals surface area contributed by atoms with Gasteiger partial charge in [0.1, 0.15) is 5.82 Å². The summed E-state index contributed by atoms with van der Waals surface area (Å²) in [6, 6.07) is 3.47. The zero-order valence-corrected chi connectivity index (χ0v) is 10.5. The summed E-state index contributed by atoms with van der Waals surface area (Å²) in [6.07, 6.45) is 3.64. The number of hydrogen-bond acceptors (Lipinski definition) is 3. The Hall–Kier alpha value is -1.55. The van der Waals surface area contributed by atoms with E-state index in [1.54, 1.807) is 12.1 Å². The number of carbonyl (C=O) groups is 1. The van der Waals surface area contributed by atoms with Crippen LogP contribution in [0.25, 0.3) is 5.52 Å². The lowest BCUT2D eigenvalue weighted by atomic mass is 10.2. The summed E-state index contributed by atoms with van der Waals surface area (Å²) in [5.41, 5.74) is 1.05. The molecule has 90 valence electrons. The van der Waals surface area contributed by atoms with Crippen LogP contribution in [0.3, 0.4) is 0 Å². The van der Waals surface area contributed by atoms with E-state index in [9.17, 15) is 4.79 Å². The average molecular weight is 253 g/mol. The third-order valence-electron chi connectivity index (χ3n) is 2.57. The van der Waals surface area contributed by atoms with Gasteiger partial charge in [-0.15, -0.1) is 0 Å². The van der Waals surface area contributed by atoms with Gasteiger partial charge in [0.25, 0.3) is 0 Å². The molecule has 0 aliphatic heterocycles. The Balaban J connectivity index is 2.68. The zero-order chi connectivity index (χ0) is 12.4. The van der Waals surface area contributed by atoms with E-state index in [4.69, 9.17) is 16.3 Å². The minimum absolute atomic E-state index is 0.342. The standard InChI is InChI=1S/C12H13ClN2O2/c1-3-5-9-14-11(13)10-8(12(16)17-2)6-4-7-15(9)10/h4,6-7H,3,5H2,1-2H3. The molecule has 4 nitrogen and oxygen atoms in total. The summed E-state index contributed by atoms with van der Waals surface area (Å²) >= 11 is 6.08. The molecule has 0 aliphatic rings. The molecular formula is C12H13ClN2O2. The minimum atomic E-state index is -0.402. The number of pyridine rings is 1. The second-order valence-corrected chi connectivity index (χ2v) is 4.06. The molecule has 17 heavy (non-hydrogen) atoms. The predicted octanol–water partition coefficient (Wildman–Crippen LogP) is 2.73. The van der Waals surface area contributed by atoms with Crippen LogP contribution in [0, 0.1) is 0 Å². The van der Waals surface area contributed by atoms with E-state index in [0.717, 1.165) is 18.7 Å². The lowest BCUT2D eigenvalue weighted by molar-refractivity contribution is 0.0602. The summed E-state index contributed by atoms with van der Waals surface area (Å²) in [7, 11) is 1.35. The van der Waals surface area contributed by atoms with Crippen molar-refractivity contribution < 1.29 is 9.53 Å². The molecular weight excluding hydrogens is 240 g/mol. The summed E-state index contributed by atoms with van der Waals surface area (Å²) in [6.45, 7) is 2.07. The van der Waals surface area contributed by atoms with Crippen molar-refractivity contribution in [3.8, 4) is 0 Å². The van der Waals surface area contributed by atoms with Crippen molar-refractivity contribution in [1.82, 2.24) is 9.38 Å². The number of imidazole rings is 1. The first-order valence-electron chi connectivity index (χ1n) is 5.42. The van der Waals surface area contributed by atoms with Crippen molar-refractivity contribution in [2.75, 3.05) is 7.11 Å². The molecule has 0 radical (unpaired) electrons. The Kier molecular flexibility index (Phi) is 3.33. The third kappa shape index (κ3) is 2.00. The third-order valence-corrected chi connectivity index (χ3v) is 2.84. The van der Waals surface area contributed by atoms with Crippen LogP contribution in [0.5, 0.6) is 0 Å². The summed E-state index contributed by atoms with van der Waals surface area (Å²) in [5, 5.41) is 0.342. The average Bonchev–Trinajstić information content (AvgIpc) is 2.66. The topological polar surface area (TPSA) is 43.6 Å². The van der Waals surface area contributed by atoms with Crippen LogP contribution in [0.2, 0.25) is 5.15 Å². The molecule has 0 spiro atoms. The number of rotatable bonds is 3. The van der Waals surface area contributed by atoms with Gasteiger partial charge in [0, 0.05) is 12.6 Å². The van der Waals surface area contributed by atoms with Gasteiger partial charge in [0.2, 0.25) is 0 Å². The predicted molar refractivity (Wildman–Crippen MR) is 65.5 cm³/mol. The molecule has 0 N–H and O–H groups in total. The Labute approximate surface area is 104 Å². The smallest absolute Gasteiger partial charge is 0.340 e. The van der Waals surface area contributed by atoms with Gasteiger partial charge in [0.15, 0.2) is 5.15 Å². The molecule has 0 saturated carbocycles. The molecule has 2 rings (SSSR count). The van der Waals surface area contributed by atoms with Crippen molar-refractivity contribution in [3.05, 3.63) is 34.9 Å². The zero-order valence-electron chi connectivity index (χ0n) is 9.74. The number of nitrogens with zero attached hydrogens (tertiary/aromatic N) is 2. The van der Waals surface area contributed by atoms with E-state index in [-0.39, 0.29) is 0 Å². The number of halogens is 1. The van der Waals surface area contributed by atoms with Gasteiger partial charge < -0.3 is 9.14 Å². The van der Waals surface area contributed by atoms with Crippen LogP contribution >= 0.6 is 11.6 Å². The Morgan fingerprint density at radius 1 is 1.59 bits per heavy atom. The normalized spacial score (nSPS) is 10.8. The number of methoxy groups -OCH3 is 1. The summed E-state index contributed by atoms with van der Waals surface area (Å²) < 4.78 is 6.58. The van der Waals surface area contributed by atoms with Crippen LogP contribution < -0.4 is 0 Å². The van der Waals surface area contributed by atoms with Gasteiger partial charge in [-0.05, 0) is 18.6 Å². The van der Waals surface area contributed by atoms with Gasteiger partial charge in [0.05, 0.1) is 18.2 Å². The Morgan fingerprint density at radius 3 is 3.00 bits per heavy atom. The van der Waals surface area contributed by atoms with Crippen LogP contribution in [0.15, 0.2) is 18.3 Å². The molecule has 0 aromatic carbocycles. The number of esters is 1. The van der Waals surface area contributed by atoms with Gasteiger partial charge in [-0.2, -0.15) is 0 Å². The molecule has 2 heterocycles. The van der Waals surface area contributed by atoms with Crippen molar-refractivity contribution in [3.63, 3.8) is 0 Å². The second kappa shape index (κ2) is 4.75. The van der Waals surface area contributed by atoms with Gasteiger partial charge in [-0.1, -0.05) is 18.5 Å². The molecule has 2 aromatic rings. The van der Waals surface area contributed by atoms with E-state index in [1.165, 1.54) is 7.11 Å². The highest BCUT2D eigenvalue weighted by Gasteiger charge is 2.17. The number of fused-ring (bicyclic) bond motifs is 1. The molecule has 0 unspecified atom stereocenters. The highest BCUT2D eigenvalue weighted by Crippen LogP contribution is 2.23. The first-order chi connectivity index (χ1) is 8.19. The van der Waals surface area contributed by atoms with Crippen molar-refractivity contribution >= 4 is 23.1 Å². The molecule has 2 aromatic heterocycles. The molecule has 0 saturated heterocycles. The highest BCUT2D eigenvalue weighted by atomic mass is 35.5. The van der Waals surface area contributed by atoms with Crippen molar-refractivity contribution in [1.29, 1.82) is 0 Å². The van der Waals surface area contributed by atoms with Gasteiger partial charge in [-0.3, -0.25) is 0 Å². The molecule has 0 aliphatic carbocycles. The van der Waals surface area contributed by atoms with Gasteiger partial charge in [-0.25, -0.2) is 9.78 Å². The second-order valence-electron chi connectivity index (χ2n) is 3.70. The molecule has 0 amide bonds. The molecule has 0 atom stereocenters. The van der Waals surface area contributed by atoms with Crippen LogP contribution in [-0.4, -0.2) is 22.5 Å². The van der Waals surface area contributed by atoms with Crippen molar-refractivity contribution in [2.24, 2.45) is 0 Å².